The first-order valence-electron chi connectivity index (χ1n) is 8.84. The summed E-state index contributed by atoms with van der Waals surface area (Å²) in [6, 6.07) is 10.2. The second-order valence-electron chi connectivity index (χ2n) is 6.52. The van der Waals surface area contributed by atoms with Crippen LogP contribution in [-0.4, -0.2) is 16.5 Å². The standard InChI is InChI=1S/C21H23N3O/c1-2-12-24-15-17(19-10-6-7-11-20(19)24)13-16(14-22)21(25)23-18-8-4-3-5-9-18/h2,6-7,10-11,13,15,18H,1,3-5,8-9,12H2,(H,23,25)/b16-13+. The van der Waals surface area contributed by atoms with Gasteiger partial charge in [0.2, 0.25) is 0 Å². The summed E-state index contributed by atoms with van der Waals surface area (Å²) in [5, 5.41) is 13.5. The van der Waals surface area contributed by atoms with Gasteiger partial charge in [-0.3, -0.25) is 4.79 Å². The minimum atomic E-state index is -0.269. The van der Waals surface area contributed by atoms with Crippen LogP contribution >= 0.6 is 0 Å². The molecule has 0 radical (unpaired) electrons. The topological polar surface area (TPSA) is 57.8 Å². The number of rotatable bonds is 5. The molecule has 1 aliphatic carbocycles. The molecule has 0 bridgehead atoms. The number of nitrogens with one attached hydrogen (secondary N) is 1. The van der Waals surface area contributed by atoms with E-state index in [1.807, 2.05) is 36.5 Å². The Morgan fingerprint density at radius 2 is 2.08 bits per heavy atom. The lowest BCUT2D eigenvalue weighted by Crippen LogP contribution is -2.36. The number of hydrogen-bond donors (Lipinski definition) is 1. The third kappa shape index (κ3) is 3.83. The van der Waals surface area contributed by atoms with E-state index in [0.717, 1.165) is 42.1 Å². The maximum atomic E-state index is 12.5. The number of amides is 1. The smallest absolute Gasteiger partial charge is 0.262 e. The molecule has 2 aromatic rings. The molecule has 0 unspecified atom stereocenters. The van der Waals surface area contributed by atoms with E-state index in [2.05, 4.69) is 22.5 Å². The van der Waals surface area contributed by atoms with Crippen molar-refractivity contribution >= 4 is 22.9 Å². The number of benzene rings is 1. The molecule has 1 fully saturated rings. The van der Waals surface area contributed by atoms with Crippen LogP contribution in [0.2, 0.25) is 0 Å². The highest BCUT2D eigenvalue weighted by Gasteiger charge is 2.18. The summed E-state index contributed by atoms with van der Waals surface area (Å²) in [6.07, 6.45) is 11.0. The molecule has 1 aromatic carbocycles. The third-order valence-electron chi connectivity index (χ3n) is 4.75. The Hall–Kier alpha value is -2.80. The SMILES string of the molecule is C=CCn1cc(/C=C(\C#N)C(=O)NC2CCCCC2)c2ccccc21. The fraction of sp³-hybridized carbons (Fsp3) is 0.333. The van der Waals surface area contributed by atoms with Crippen molar-refractivity contribution < 1.29 is 4.79 Å². The fourth-order valence-corrected chi connectivity index (χ4v) is 3.49. The van der Waals surface area contributed by atoms with E-state index < -0.39 is 0 Å². The minimum absolute atomic E-state index is 0.159. The maximum absolute atomic E-state index is 12.5. The summed E-state index contributed by atoms with van der Waals surface area (Å²) in [6.45, 7) is 4.47. The number of nitrogens with zero attached hydrogens (tertiary/aromatic N) is 2. The molecule has 4 heteroatoms. The maximum Gasteiger partial charge on any atom is 0.262 e. The summed E-state index contributed by atoms with van der Waals surface area (Å²) in [7, 11) is 0. The molecule has 128 valence electrons. The van der Waals surface area contributed by atoms with Gasteiger partial charge in [0, 0.05) is 35.2 Å². The van der Waals surface area contributed by atoms with E-state index in [9.17, 15) is 10.1 Å². The quantitative estimate of drug-likeness (QED) is 0.507. The number of allylic oxidation sites excluding steroid dienone is 1. The lowest BCUT2D eigenvalue weighted by molar-refractivity contribution is -0.117. The highest BCUT2D eigenvalue weighted by molar-refractivity contribution is 6.04. The van der Waals surface area contributed by atoms with Gasteiger partial charge in [0.15, 0.2) is 0 Å². The average molecular weight is 333 g/mol. The first-order valence-corrected chi connectivity index (χ1v) is 8.84. The fourth-order valence-electron chi connectivity index (χ4n) is 3.49. The van der Waals surface area contributed by atoms with E-state index in [1.165, 1.54) is 6.42 Å². The molecular formula is C21H23N3O. The highest BCUT2D eigenvalue weighted by Crippen LogP contribution is 2.24. The van der Waals surface area contributed by atoms with Crippen LogP contribution in [0, 0.1) is 11.3 Å². The molecule has 1 aromatic heterocycles. The van der Waals surface area contributed by atoms with Crippen molar-refractivity contribution in [2.45, 2.75) is 44.7 Å². The zero-order chi connectivity index (χ0) is 17.6. The van der Waals surface area contributed by atoms with Crippen LogP contribution in [0.1, 0.15) is 37.7 Å². The zero-order valence-electron chi connectivity index (χ0n) is 14.4. The third-order valence-corrected chi connectivity index (χ3v) is 4.75. The first kappa shape index (κ1) is 17.0. The first-order chi connectivity index (χ1) is 12.2. The van der Waals surface area contributed by atoms with Crippen LogP contribution in [0.3, 0.4) is 0 Å². The Labute approximate surface area is 148 Å². The largest absolute Gasteiger partial charge is 0.349 e. The Morgan fingerprint density at radius 1 is 1.32 bits per heavy atom. The number of nitriles is 1. The van der Waals surface area contributed by atoms with Gasteiger partial charge in [0.25, 0.3) is 5.91 Å². The van der Waals surface area contributed by atoms with Gasteiger partial charge in [0.1, 0.15) is 11.6 Å². The molecule has 25 heavy (non-hydrogen) atoms. The van der Waals surface area contributed by atoms with E-state index >= 15 is 0 Å². The Bertz CT molecular complexity index is 848. The molecule has 0 spiro atoms. The molecule has 3 rings (SSSR count). The van der Waals surface area contributed by atoms with Crippen molar-refractivity contribution in [1.29, 1.82) is 5.26 Å². The van der Waals surface area contributed by atoms with Crippen LogP contribution < -0.4 is 5.32 Å². The lowest BCUT2D eigenvalue weighted by Gasteiger charge is -2.22. The van der Waals surface area contributed by atoms with Crippen molar-refractivity contribution in [3.8, 4) is 6.07 Å². The molecular weight excluding hydrogens is 310 g/mol. The Balaban J connectivity index is 1.89. The molecule has 1 amide bonds. The van der Waals surface area contributed by atoms with E-state index in [0.29, 0.717) is 6.54 Å². The van der Waals surface area contributed by atoms with Gasteiger partial charge in [-0.2, -0.15) is 5.26 Å². The van der Waals surface area contributed by atoms with Gasteiger partial charge in [-0.15, -0.1) is 6.58 Å². The van der Waals surface area contributed by atoms with Gasteiger partial charge >= 0.3 is 0 Å². The van der Waals surface area contributed by atoms with Crippen LogP contribution in [0.15, 0.2) is 48.7 Å². The molecule has 1 heterocycles. The molecule has 4 nitrogen and oxygen atoms in total. The number of para-hydroxylation sites is 1. The van der Waals surface area contributed by atoms with E-state index in [4.69, 9.17) is 0 Å². The van der Waals surface area contributed by atoms with E-state index in [1.54, 1.807) is 6.08 Å². The van der Waals surface area contributed by atoms with Crippen LogP contribution in [0.4, 0.5) is 0 Å². The van der Waals surface area contributed by atoms with Crippen molar-refractivity contribution in [3.63, 3.8) is 0 Å². The second kappa shape index (κ2) is 7.85. The van der Waals surface area contributed by atoms with Crippen molar-refractivity contribution in [3.05, 3.63) is 54.3 Å². The molecule has 1 aliphatic rings. The van der Waals surface area contributed by atoms with Crippen LogP contribution in [0.5, 0.6) is 0 Å². The highest BCUT2D eigenvalue weighted by atomic mass is 16.1. The number of aromatic nitrogens is 1. The number of hydrogen-bond acceptors (Lipinski definition) is 2. The van der Waals surface area contributed by atoms with Crippen molar-refractivity contribution in [2.24, 2.45) is 0 Å². The van der Waals surface area contributed by atoms with E-state index in [-0.39, 0.29) is 17.5 Å². The molecule has 1 N–H and O–H groups in total. The summed E-state index contributed by atoms with van der Waals surface area (Å²) in [5.41, 5.74) is 2.11. The molecule has 0 aliphatic heterocycles. The minimum Gasteiger partial charge on any atom is -0.349 e. The van der Waals surface area contributed by atoms with Gasteiger partial charge in [-0.05, 0) is 25.0 Å². The zero-order valence-corrected chi connectivity index (χ0v) is 14.4. The van der Waals surface area contributed by atoms with Crippen molar-refractivity contribution in [2.75, 3.05) is 0 Å². The monoisotopic (exact) mass is 333 g/mol. The average Bonchev–Trinajstić information content (AvgIpc) is 2.98. The van der Waals surface area contributed by atoms with Crippen LogP contribution in [-0.2, 0) is 11.3 Å². The molecule has 0 atom stereocenters. The molecule has 1 saturated carbocycles. The summed E-state index contributed by atoms with van der Waals surface area (Å²) in [4.78, 5) is 12.5. The number of carbonyl (C=O) groups is 1. The van der Waals surface area contributed by atoms with Crippen LogP contribution in [0.25, 0.3) is 17.0 Å². The normalized spacial score (nSPS) is 15.7. The predicted molar refractivity (Wildman–Crippen MR) is 101 cm³/mol. The summed E-state index contributed by atoms with van der Waals surface area (Å²) < 4.78 is 2.07. The van der Waals surface area contributed by atoms with Crippen molar-refractivity contribution in [1.82, 2.24) is 9.88 Å². The lowest BCUT2D eigenvalue weighted by atomic mass is 9.95. The summed E-state index contributed by atoms with van der Waals surface area (Å²) >= 11 is 0. The Kier molecular flexibility index (Phi) is 5.35. The van der Waals surface area contributed by atoms with Gasteiger partial charge in [0.05, 0.1) is 0 Å². The predicted octanol–water partition coefficient (Wildman–Crippen LogP) is 4.18. The number of carbonyl (C=O) groups excluding carboxylic acids is 1. The number of fused-ring (bicyclic) bond motifs is 1. The van der Waals surface area contributed by atoms with Gasteiger partial charge < -0.3 is 9.88 Å². The summed E-state index contributed by atoms with van der Waals surface area (Å²) in [5.74, 6) is -0.269. The second-order valence-corrected chi connectivity index (χ2v) is 6.52. The molecule has 0 saturated heterocycles. The van der Waals surface area contributed by atoms with Gasteiger partial charge in [-0.1, -0.05) is 43.5 Å². The Morgan fingerprint density at radius 3 is 2.80 bits per heavy atom. The van der Waals surface area contributed by atoms with Gasteiger partial charge in [-0.25, -0.2) is 0 Å².